The maximum absolute atomic E-state index is 12.3. The molecule has 36 heavy (non-hydrogen) atoms. The van der Waals surface area contributed by atoms with Gasteiger partial charge in [0.1, 0.15) is 12.3 Å². The first-order valence-electron chi connectivity index (χ1n) is 11.2. The van der Waals surface area contributed by atoms with Crippen LogP contribution < -0.4 is 14.8 Å². The SMILES string of the molecule is C=O.COc1ccc(NC2(C(=O)O)Cc3ccccc3C2)cc1OCCc1cccc(S(C)(=O)=O)c1. The summed E-state index contributed by atoms with van der Waals surface area (Å²) in [6.07, 6.45) is 2.45. The van der Waals surface area contributed by atoms with E-state index in [4.69, 9.17) is 14.3 Å². The molecular weight excluding hydrogens is 482 g/mol. The highest BCUT2D eigenvalue weighted by molar-refractivity contribution is 7.90. The van der Waals surface area contributed by atoms with Gasteiger partial charge in [-0.2, -0.15) is 0 Å². The maximum Gasteiger partial charge on any atom is 0.330 e. The Morgan fingerprint density at radius 3 is 2.25 bits per heavy atom. The number of hydrogen-bond acceptors (Lipinski definition) is 7. The fourth-order valence-corrected chi connectivity index (χ4v) is 4.95. The second-order valence-electron chi connectivity index (χ2n) is 8.52. The number of methoxy groups -OCH3 is 1. The van der Waals surface area contributed by atoms with Gasteiger partial charge in [0, 0.05) is 37.3 Å². The predicted molar refractivity (Wildman–Crippen MR) is 137 cm³/mol. The number of benzene rings is 3. The van der Waals surface area contributed by atoms with Crippen molar-refractivity contribution in [2.45, 2.75) is 29.7 Å². The van der Waals surface area contributed by atoms with Gasteiger partial charge in [0.15, 0.2) is 21.3 Å². The molecular formula is C27H29NO7S. The lowest BCUT2D eigenvalue weighted by Crippen LogP contribution is -2.47. The van der Waals surface area contributed by atoms with Crippen LogP contribution in [0.2, 0.25) is 0 Å². The Bertz CT molecular complexity index is 1310. The fraction of sp³-hybridized carbons (Fsp3) is 0.259. The lowest BCUT2D eigenvalue weighted by molar-refractivity contribution is -0.142. The van der Waals surface area contributed by atoms with Crippen LogP contribution in [0.15, 0.2) is 71.6 Å². The van der Waals surface area contributed by atoms with Crippen LogP contribution in [0.25, 0.3) is 0 Å². The van der Waals surface area contributed by atoms with Crippen molar-refractivity contribution in [3.63, 3.8) is 0 Å². The Labute approximate surface area is 210 Å². The first kappa shape index (κ1) is 26.7. The van der Waals surface area contributed by atoms with Crippen LogP contribution >= 0.6 is 0 Å². The quantitative estimate of drug-likeness (QED) is 0.448. The normalized spacial score (nSPS) is 13.6. The first-order valence-corrected chi connectivity index (χ1v) is 13.1. The molecule has 0 unspecified atom stereocenters. The molecule has 1 aliphatic rings. The largest absolute Gasteiger partial charge is 0.493 e. The molecule has 8 nitrogen and oxygen atoms in total. The van der Waals surface area contributed by atoms with E-state index in [1.807, 2.05) is 37.1 Å². The van der Waals surface area contributed by atoms with Gasteiger partial charge >= 0.3 is 5.97 Å². The predicted octanol–water partition coefficient (Wildman–Crippen LogP) is 3.57. The number of ether oxygens (including phenoxy) is 2. The van der Waals surface area contributed by atoms with Gasteiger partial charge in [0.2, 0.25) is 0 Å². The Morgan fingerprint density at radius 2 is 1.67 bits per heavy atom. The Kier molecular flexibility index (Phi) is 8.37. The zero-order chi connectivity index (χ0) is 26.3. The molecule has 0 bridgehead atoms. The zero-order valence-electron chi connectivity index (χ0n) is 20.2. The van der Waals surface area contributed by atoms with E-state index in [0.29, 0.717) is 43.1 Å². The number of carboxylic acid groups (broad SMARTS) is 1. The number of nitrogens with one attached hydrogen (secondary N) is 1. The van der Waals surface area contributed by atoms with Gasteiger partial charge in [0.05, 0.1) is 18.6 Å². The van der Waals surface area contributed by atoms with Crippen LogP contribution in [0.4, 0.5) is 5.69 Å². The molecule has 0 atom stereocenters. The van der Waals surface area contributed by atoms with Gasteiger partial charge in [0.25, 0.3) is 0 Å². The molecule has 0 heterocycles. The lowest BCUT2D eigenvalue weighted by atomic mass is 9.95. The molecule has 190 valence electrons. The zero-order valence-corrected chi connectivity index (χ0v) is 21.0. The van der Waals surface area contributed by atoms with Gasteiger partial charge in [-0.1, -0.05) is 36.4 Å². The third-order valence-corrected chi connectivity index (χ3v) is 7.14. The highest BCUT2D eigenvalue weighted by atomic mass is 32.2. The van der Waals surface area contributed by atoms with E-state index in [1.54, 1.807) is 36.4 Å². The van der Waals surface area contributed by atoms with Crippen molar-refractivity contribution in [3.8, 4) is 11.5 Å². The summed E-state index contributed by atoms with van der Waals surface area (Å²) < 4.78 is 35.0. The number of aliphatic carboxylic acids is 1. The summed E-state index contributed by atoms with van der Waals surface area (Å²) in [5.41, 5.74) is 2.37. The van der Waals surface area contributed by atoms with E-state index in [-0.39, 0.29) is 4.90 Å². The van der Waals surface area contributed by atoms with Crippen LogP contribution in [-0.2, 0) is 38.7 Å². The number of rotatable bonds is 9. The summed E-state index contributed by atoms with van der Waals surface area (Å²) in [4.78, 5) is 20.5. The van der Waals surface area contributed by atoms with Crippen molar-refractivity contribution in [1.29, 1.82) is 0 Å². The molecule has 0 aliphatic heterocycles. The van der Waals surface area contributed by atoms with E-state index >= 15 is 0 Å². The molecule has 4 rings (SSSR count). The smallest absolute Gasteiger partial charge is 0.330 e. The van der Waals surface area contributed by atoms with Crippen molar-refractivity contribution in [2.75, 3.05) is 25.3 Å². The van der Waals surface area contributed by atoms with Crippen LogP contribution in [0, 0.1) is 0 Å². The molecule has 0 saturated heterocycles. The number of carbonyl (C=O) groups is 2. The molecule has 3 aromatic carbocycles. The highest BCUT2D eigenvalue weighted by Gasteiger charge is 2.44. The molecule has 0 spiro atoms. The van der Waals surface area contributed by atoms with E-state index < -0.39 is 21.3 Å². The van der Waals surface area contributed by atoms with Crippen molar-refractivity contribution in [1.82, 2.24) is 0 Å². The summed E-state index contributed by atoms with van der Waals surface area (Å²) in [5, 5.41) is 13.3. The maximum atomic E-state index is 12.3. The molecule has 9 heteroatoms. The van der Waals surface area contributed by atoms with E-state index in [9.17, 15) is 18.3 Å². The second kappa shape index (κ2) is 11.3. The lowest BCUT2D eigenvalue weighted by Gasteiger charge is -2.27. The van der Waals surface area contributed by atoms with Gasteiger partial charge in [-0.25, -0.2) is 13.2 Å². The van der Waals surface area contributed by atoms with Crippen molar-refractivity contribution in [2.24, 2.45) is 0 Å². The molecule has 0 radical (unpaired) electrons. The molecule has 0 saturated carbocycles. The average Bonchev–Trinajstić information content (AvgIpc) is 3.25. The van der Waals surface area contributed by atoms with Crippen LogP contribution in [-0.4, -0.2) is 51.8 Å². The van der Waals surface area contributed by atoms with Gasteiger partial charge in [-0.05, 0) is 41.0 Å². The van der Waals surface area contributed by atoms with Crippen LogP contribution in [0.3, 0.4) is 0 Å². The summed E-state index contributed by atoms with van der Waals surface area (Å²) >= 11 is 0. The number of carbonyl (C=O) groups excluding carboxylic acids is 1. The fourth-order valence-electron chi connectivity index (χ4n) is 4.26. The molecule has 1 aliphatic carbocycles. The minimum atomic E-state index is -3.28. The Morgan fingerprint density at radius 1 is 1.00 bits per heavy atom. The van der Waals surface area contributed by atoms with Crippen molar-refractivity contribution >= 4 is 28.3 Å². The summed E-state index contributed by atoms with van der Waals surface area (Å²) in [5.74, 6) is 0.0880. The molecule has 0 amide bonds. The van der Waals surface area contributed by atoms with Gasteiger partial charge < -0.3 is 24.7 Å². The average molecular weight is 512 g/mol. The van der Waals surface area contributed by atoms with Gasteiger partial charge in [-0.15, -0.1) is 0 Å². The number of carboxylic acids is 1. The van der Waals surface area contributed by atoms with E-state index in [2.05, 4.69) is 5.32 Å². The molecule has 0 fully saturated rings. The standard InChI is InChI=1S/C26H27NO6S.CH2O/c1-32-23-11-10-21(27-26(25(28)29)16-19-7-3-4-8-20(19)17-26)15-24(23)33-13-12-18-6-5-9-22(14-18)34(2,30)31;1-2/h3-11,14-15,27H,12-13,16-17H2,1-2H3,(H,28,29);1H2. The third kappa shape index (κ3) is 6.04. The molecule has 0 aromatic heterocycles. The minimum absolute atomic E-state index is 0.269. The second-order valence-corrected chi connectivity index (χ2v) is 10.5. The van der Waals surface area contributed by atoms with Crippen molar-refractivity contribution in [3.05, 3.63) is 83.4 Å². The Hall–Kier alpha value is -3.85. The Balaban J connectivity index is 0.00000176. The van der Waals surface area contributed by atoms with E-state index in [0.717, 1.165) is 16.7 Å². The molecule has 3 aromatic rings. The summed E-state index contributed by atoms with van der Waals surface area (Å²) in [6.45, 7) is 2.29. The first-order chi connectivity index (χ1) is 17.2. The molecule has 2 N–H and O–H groups in total. The highest BCUT2D eigenvalue weighted by Crippen LogP contribution is 2.36. The number of sulfone groups is 1. The third-order valence-electron chi connectivity index (χ3n) is 6.03. The summed E-state index contributed by atoms with van der Waals surface area (Å²) in [7, 11) is -1.74. The number of hydrogen-bond donors (Lipinski definition) is 2. The van der Waals surface area contributed by atoms with Crippen LogP contribution in [0.1, 0.15) is 16.7 Å². The van der Waals surface area contributed by atoms with Crippen molar-refractivity contribution < 1.29 is 32.6 Å². The summed E-state index contributed by atoms with van der Waals surface area (Å²) in [6, 6.07) is 19.8. The topological polar surface area (TPSA) is 119 Å². The van der Waals surface area contributed by atoms with Gasteiger partial charge in [-0.3, -0.25) is 0 Å². The number of anilines is 1. The number of fused-ring (bicyclic) bond motifs is 1. The van der Waals surface area contributed by atoms with E-state index in [1.165, 1.54) is 13.4 Å². The monoisotopic (exact) mass is 511 g/mol. The van der Waals surface area contributed by atoms with Crippen LogP contribution in [0.5, 0.6) is 11.5 Å². The minimum Gasteiger partial charge on any atom is -0.493 e.